The van der Waals surface area contributed by atoms with Gasteiger partial charge < -0.3 is 5.32 Å². The molecule has 0 unspecified atom stereocenters. The first-order valence-corrected chi connectivity index (χ1v) is 9.84. The van der Waals surface area contributed by atoms with Crippen LogP contribution in [0.3, 0.4) is 0 Å². The molecule has 0 radical (unpaired) electrons. The number of rotatable bonds is 7. The lowest BCUT2D eigenvalue weighted by molar-refractivity contribution is -0.121. The first-order valence-electron chi connectivity index (χ1n) is 9.84. The molecule has 0 aliphatic carbocycles. The first-order chi connectivity index (χ1) is 15.4. The Kier molecular flexibility index (Phi) is 6.02. The summed E-state index contributed by atoms with van der Waals surface area (Å²) in [4.78, 5) is 24.7. The molecule has 7 nitrogen and oxygen atoms in total. The highest BCUT2D eigenvalue weighted by Crippen LogP contribution is 2.12. The molecular weight excluding hydrogens is 423 g/mol. The van der Waals surface area contributed by atoms with E-state index < -0.39 is 17.2 Å². The van der Waals surface area contributed by atoms with E-state index in [4.69, 9.17) is 0 Å². The number of carbonyl (C=O) groups excluding carboxylic acids is 1. The number of carbonyl (C=O) groups is 1. The van der Waals surface area contributed by atoms with Crippen LogP contribution in [0.5, 0.6) is 0 Å². The van der Waals surface area contributed by atoms with Crippen LogP contribution in [0.25, 0.3) is 11.3 Å². The molecule has 1 amide bonds. The largest absolute Gasteiger partial charge is 0.352 e. The Hall–Kier alpha value is -3.95. The Bertz CT molecular complexity index is 1330. The molecule has 164 valence electrons. The maximum Gasteiger partial charge on any atom is 0.300 e. The summed E-state index contributed by atoms with van der Waals surface area (Å²) in [5, 5.41) is 10.7. The number of aryl methyl sites for hydroxylation is 1. The zero-order valence-electron chi connectivity index (χ0n) is 16.8. The fourth-order valence-electron chi connectivity index (χ4n) is 3.24. The Morgan fingerprint density at radius 3 is 2.50 bits per heavy atom. The van der Waals surface area contributed by atoms with Crippen LogP contribution in [0.4, 0.5) is 13.2 Å². The highest BCUT2D eigenvalue weighted by atomic mass is 19.2. The lowest BCUT2D eigenvalue weighted by Crippen LogP contribution is -2.22. The summed E-state index contributed by atoms with van der Waals surface area (Å²) in [6.45, 7) is 0.302. The van der Waals surface area contributed by atoms with Gasteiger partial charge in [0, 0.05) is 37.8 Å². The Morgan fingerprint density at radius 2 is 1.75 bits per heavy atom. The minimum atomic E-state index is -1.06. The van der Waals surface area contributed by atoms with Crippen molar-refractivity contribution in [2.45, 2.75) is 25.8 Å². The fourth-order valence-corrected chi connectivity index (χ4v) is 3.24. The third-order valence-electron chi connectivity index (χ3n) is 4.93. The van der Waals surface area contributed by atoms with Crippen LogP contribution in [0.15, 0.2) is 59.7 Å². The number of amides is 1. The van der Waals surface area contributed by atoms with Crippen molar-refractivity contribution in [3.8, 4) is 5.69 Å². The van der Waals surface area contributed by atoms with Crippen molar-refractivity contribution in [3.63, 3.8) is 0 Å². The van der Waals surface area contributed by atoms with Crippen LogP contribution in [0.1, 0.15) is 24.2 Å². The van der Waals surface area contributed by atoms with Gasteiger partial charge in [-0.3, -0.25) is 18.6 Å². The number of hydrogen-bond donors (Lipinski definition) is 1. The van der Waals surface area contributed by atoms with Gasteiger partial charge in [-0.2, -0.15) is 0 Å². The van der Waals surface area contributed by atoms with Gasteiger partial charge in [-0.1, -0.05) is 12.1 Å². The maximum absolute atomic E-state index is 13.5. The van der Waals surface area contributed by atoms with Gasteiger partial charge in [-0.25, -0.2) is 13.2 Å². The monoisotopic (exact) mass is 441 g/mol. The second-order valence-corrected chi connectivity index (χ2v) is 7.14. The molecule has 2 heterocycles. The van der Waals surface area contributed by atoms with E-state index in [-0.39, 0.29) is 29.5 Å². The molecule has 0 atom stereocenters. The number of halogens is 3. The molecule has 0 aliphatic rings. The van der Waals surface area contributed by atoms with Gasteiger partial charge in [-0.05, 0) is 36.2 Å². The minimum absolute atomic E-state index is 0.0352. The van der Waals surface area contributed by atoms with Crippen LogP contribution >= 0.6 is 0 Å². The molecule has 2 aromatic heterocycles. The van der Waals surface area contributed by atoms with Crippen LogP contribution < -0.4 is 10.9 Å². The number of aromatic nitrogens is 4. The summed E-state index contributed by atoms with van der Waals surface area (Å²) in [6, 6.07) is 9.03. The SMILES string of the molecule is O=C(CCCc1nnc2c(=O)n(-c3ccc(F)c(F)c3)ccn12)NCc1ccc(F)cc1. The van der Waals surface area contributed by atoms with E-state index in [0.29, 0.717) is 25.2 Å². The second-order valence-electron chi connectivity index (χ2n) is 7.14. The van der Waals surface area contributed by atoms with Crippen molar-refractivity contribution < 1.29 is 18.0 Å². The van der Waals surface area contributed by atoms with Crippen molar-refractivity contribution in [2.75, 3.05) is 0 Å². The second kappa shape index (κ2) is 9.04. The van der Waals surface area contributed by atoms with E-state index in [9.17, 15) is 22.8 Å². The van der Waals surface area contributed by atoms with Gasteiger partial charge in [0.15, 0.2) is 11.6 Å². The molecule has 0 spiro atoms. The predicted molar refractivity (Wildman–Crippen MR) is 110 cm³/mol. The number of nitrogens with one attached hydrogen (secondary N) is 1. The van der Waals surface area contributed by atoms with Gasteiger partial charge in [0.05, 0.1) is 5.69 Å². The van der Waals surface area contributed by atoms with Crippen LogP contribution in [-0.2, 0) is 17.8 Å². The van der Waals surface area contributed by atoms with E-state index in [1.54, 1.807) is 18.3 Å². The molecule has 4 rings (SSSR count). The summed E-state index contributed by atoms with van der Waals surface area (Å²) in [6.07, 6.45) is 4.09. The quantitative estimate of drug-likeness (QED) is 0.478. The topological polar surface area (TPSA) is 81.3 Å². The maximum atomic E-state index is 13.5. The Labute approximate surface area is 180 Å². The zero-order valence-corrected chi connectivity index (χ0v) is 16.8. The molecule has 1 N–H and O–H groups in total. The molecular formula is C22H18F3N5O2. The molecule has 0 saturated carbocycles. The summed E-state index contributed by atoms with van der Waals surface area (Å²) in [7, 11) is 0. The normalized spacial score (nSPS) is 11.1. The smallest absolute Gasteiger partial charge is 0.300 e. The van der Waals surface area contributed by atoms with Crippen LogP contribution in [-0.4, -0.2) is 25.1 Å². The molecule has 0 saturated heterocycles. The number of fused-ring (bicyclic) bond motifs is 1. The fraction of sp³-hybridized carbons (Fsp3) is 0.182. The molecule has 4 aromatic rings. The average Bonchev–Trinajstić information content (AvgIpc) is 3.19. The third kappa shape index (κ3) is 4.53. The van der Waals surface area contributed by atoms with Gasteiger partial charge in [0.1, 0.15) is 11.6 Å². The van der Waals surface area contributed by atoms with Gasteiger partial charge in [0.2, 0.25) is 11.6 Å². The van der Waals surface area contributed by atoms with Crippen molar-refractivity contribution in [1.82, 2.24) is 24.5 Å². The zero-order chi connectivity index (χ0) is 22.7. The predicted octanol–water partition coefficient (Wildman–Crippen LogP) is 2.94. The molecule has 10 heteroatoms. The van der Waals surface area contributed by atoms with Crippen LogP contribution in [0, 0.1) is 17.5 Å². The molecule has 0 bridgehead atoms. The van der Waals surface area contributed by atoms with E-state index in [0.717, 1.165) is 22.3 Å². The van der Waals surface area contributed by atoms with Crippen molar-refractivity contribution in [2.24, 2.45) is 0 Å². The molecule has 0 fully saturated rings. The van der Waals surface area contributed by atoms with Gasteiger partial charge in [-0.15, -0.1) is 10.2 Å². The number of benzene rings is 2. The molecule has 0 aliphatic heterocycles. The average molecular weight is 441 g/mol. The lowest BCUT2D eigenvalue weighted by Gasteiger charge is -2.07. The van der Waals surface area contributed by atoms with Crippen molar-refractivity contribution >= 4 is 11.6 Å². The summed E-state index contributed by atoms with van der Waals surface area (Å²) in [5.74, 6) is -2.06. The minimum Gasteiger partial charge on any atom is -0.352 e. The van der Waals surface area contributed by atoms with E-state index in [2.05, 4.69) is 15.5 Å². The molecule has 2 aromatic carbocycles. The molecule has 32 heavy (non-hydrogen) atoms. The van der Waals surface area contributed by atoms with E-state index in [1.165, 1.54) is 28.8 Å². The summed E-state index contributed by atoms with van der Waals surface area (Å²) >= 11 is 0. The van der Waals surface area contributed by atoms with E-state index in [1.807, 2.05) is 0 Å². The number of nitrogens with zero attached hydrogens (tertiary/aromatic N) is 4. The highest BCUT2D eigenvalue weighted by molar-refractivity contribution is 5.75. The van der Waals surface area contributed by atoms with E-state index >= 15 is 0 Å². The Balaban J connectivity index is 1.39. The first kappa shape index (κ1) is 21.3. The van der Waals surface area contributed by atoms with Gasteiger partial charge >= 0.3 is 5.56 Å². The number of hydrogen-bond acceptors (Lipinski definition) is 4. The summed E-state index contributed by atoms with van der Waals surface area (Å²) in [5.41, 5.74) is 0.460. The van der Waals surface area contributed by atoms with Crippen molar-refractivity contribution in [1.29, 1.82) is 0 Å². The Morgan fingerprint density at radius 1 is 0.969 bits per heavy atom. The third-order valence-corrected chi connectivity index (χ3v) is 4.93. The lowest BCUT2D eigenvalue weighted by atomic mass is 10.2. The van der Waals surface area contributed by atoms with Gasteiger partial charge in [0.25, 0.3) is 0 Å². The highest BCUT2D eigenvalue weighted by Gasteiger charge is 2.13. The summed E-state index contributed by atoms with van der Waals surface area (Å²) < 4.78 is 42.3. The van der Waals surface area contributed by atoms with Crippen molar-refractivity contribution in [3.05, 3.63) is 94.1 Å². The van der Waals surface area contributed by atoms with Crippen LogP contribution in [0.2, 0.25) is 0 Å². The standard InChI is InChI=1S/C22H18F3N5O2/c23-15-6-4-14(5-7-15)13-26-20(31)3-1-2-19-27-28-21-22(32)29(10-11-30(19)21)16-8-9-17(24)18(25)12-16/h4-12H,1-3,13H2,(H,26,31).